The summed E-state index contributed by atoms with van der Waals surface area (Å²) < 4.78 is 14.6. The molecule has 9 nitrogen and oxygen atoms in total. The van der Waals surface area contributed by atoms with E-state index in [0.717, 1.165) is 0 Å². The summed E-state index contributed by atoms with van der Waals surface area (Å²) in [4.78, 5) is 54.0. The summed E-state index contributed by atoms with van der Waals surface area (Å²) in [6, 6.07) is 0. The average Bonchev–Trinajstić information content (AvgIpc) is 2.55. The maximum Gasteiger partial charge on any atom is 0.534 e. The van der Waals surface area contributed by atoms with Crippen LogP contribution >= 0.6 is 7.60 Å². The fraction of sp³-hybridized carbons (Fsp3) is 0.375. The largest absolute Gasteiger partial charge is 0.534 e. The second-order valence-corrected chi connectivity index (χ2v) is 4.36. The van der Waals surface area contributed by atoms with E-state index in [1.807, 2.05) is 5.92 Å². The minimum atomic E-state index is -4.49. The highest BCUT2D eigenvalue weighted by Crippen LogP contribution is 2.31. The Labute approximate surface area is 101 Å². The van der Waals surface area contributed by atoms with Gasteiger partial charge in [0.1, 0.15) is 0 Å². The molecule has 0 atom stereocenters. The minimum absolute atomic E-state index is 0.0515. The van der Waals surface area contributed by atoms with Crippen molar-refractivity contribution in [3.05, 3.63) is 0 Å². The number of nitrogens with zero attached hydrogens (tertiary/aromatic N) is 1. The van der Waals surface area contributed by atoms with Gasteiger partial charge in [-0.15, -0.1) is 0 Å². The molecule has 1 aliphatic heterocycles. The van der Waals surface area contributed by atoms with E-state index in [-0.39, 0.29) is 17.9 Å². The van der Waals surface area contributed by atoms with Gasteiger partial charge in [0, 0.05) is 18.5 Å². The summed E-state index contributed by atoms with van der Waals surface area (Å²) in [7, 11) is -4.49. The molecule has 1 fully saturated rings. The van der Waals surface area contributed by atoms with Gasteiger partial charge < -0.3 is 14.5 Å². The van der Waals surface area contributed by atoms with Crippen LogP contribution in [-0.4, -0.2) is 39.4 Å². The highest BCUT2D eigenvalue weighted by atomic mass is 31.2. The van der Waals surface area contributed by atoms with Gasteiger partial charge >= 0.3 is 13.8 Å². The predicted molar refractivity (Wildman–Crippen MR) is 53.3 cm³/mol. The lowest BCUT2D eigenvalue weighted by Gasteiger charge is -2.11. The molecule has 18 heavy (non-hydrogen) atoms. The Morgan fingerprint density at radius 2 is 1.89 bits per heavy atom. The third-order valence-corrected chi connectivity index (χ3v) is 2.11. The molecule has 0 aromatic rings. The van der Waals surface area contributed by atoms with Gasteiger partial charge in [0.05, 0.1) is 0 Å². The van der Waals surface area contributed by atoms with Crippen molar-refractivity contribution in [2.24, 2.45) is 0 Å². The summed E-state index contributed by atoms with van der Waals surface area (Å²) in [6.07, 6.45) is -1.47. The van der Waals surface area contributed by atoms with E-state index in [1.165, 1.54) is 5.66 Å². The molecule has 0 unspecified atom stereocenters. The number of rotatable bonds is 2. The fourth-order valence-electron chi connectivity index (χ4n) is 0.989. The topological polar surface area (TPSA) is 130 Å². The minimum Gasteiger partial charge on any atom is -0.419 e. The van der Waals surface area contributed by atoms with Gasteiger partial charge in [-0.05, 0) is 5.92 Å². The molecule has 10 heteroatoms. The van der Waals surface area contributed by atoms with Gasteiger partial charge in [-0.25, -0.2) is 9.36 Å². The van der Waals surface area contributed by atoms with E-state index < -0.39 is 32.2 Å². The average molecular weight is 277 g/mol. The van der Waals surface area contributed by atoms with Crippen LogP contribution < -0.4 is 0 Å². The number of hydrogen-bond donors (Lipinski definition) is 2. The summed E-state index contributed by atoms with van der Waals surface area (Å²) in [6.45, 7) is -0.639. The summed E-state index contributed by atoms with van der Waals surface area (Å²) in [5.74, 6) is 0.542. The van der Waals surface area contributed by atoms with Gasteiger partial charge in [-0.2, -0.15) is 0 Å². The lowest BCUT2D eigenvalue weighted by molar-refractivity contribution is -0.176. The zero-order valence-electron chi connectivity index (χ0n) is 8.86. The highest BCUT2D eigenvalue weighted by molar-refractivity contribution is 7.57. The Bertz CT molecular complexity index is 467. The first-order chi connectivity index (χ1) is 8.29. The number of amides is 2. The summed E-state index contributed by atoms with van der Waals surface area (Å²) in [5, 5.41) is 0.277. The van der Waals surface area contributed by atoms with E-state index in [2.05, 4.69) is 9.57 Å². The number of ether oxygens (including phenoxy) is 1. The monoisotopic (exact) mass is 277 g/mol. The standard InChI is InChI=1S/C8H8NO8P/c10-6-2-3-7(11)9(6)17-8(12)16-4-1-5-18(13,14)15/h2-4H2,(H2,13,14,15). The Morgan fingerprint density at radius 3 is 2.39 bits per heavy atom. The smallest absolute Gasteiger partial charge is 0.419 e. The van der Waals surface area contributed by atoms with E-state index in [0.29, 0.717) is 0 Å². The molecule has 0 aliphatic carbocycles. The molecule has 1 rings (SSSR count). The molecular weight excluding hydrogens is 269 g/mol. The van der Waals surface area contributed by atoms with E-state index in [1.54, 1.807) is 0 Å². The van der Waals surface area contributed by atoms with Crippen molar-refractivity contribution in [2.45, 2.75) is 12.8 Å². The number of carbonyl (C=O) groups excluding carboxylic acids is 3. The van der Waals surface area contributed by atoms with Crippen molar-refractivity contribution in [1.29, 1.82) is 0 Å². The van der Waals surface area contributed by atoms with Gasteiger partial charge in [0.2, 0.25) is 0 Å². The normalized spacial score (nSPS) is 15.1. The van der Waals surface area contributed by atoms with Crippen LogP contribution in [0.15, 0.2) is 0 Å². The van der Waals surface area contributed by atoms with Crippen LogP contribution in [0, 0.1) is 11.6 Å². The van der Waals surface area contributed by atoms with Crippen LogP contribution in [-0.2, 0) is 23.7 Å². The fourth-order valence-corrected chi connectivity index (χ4v) is 1.26. The molecule has 0 saturated carbocycles. The third kappa shape index (κ3) is 4.55. The molecule has 1 heterocycles. The molecule has 98 valence electrons. The van der Waals surface area contributed by atoms with Crippen molar-refractivity contribution < 1.29 is 38.3 Å². The quantitative estimate of drug-likeness (QED) is 0.294. The lowest BCUT2D eigenvalue weighted by atomic mass is 10.4. The third-order valence-electron chi connectivity index (χ3n) is 1.66. The number of imide groups is 1. The Kier molecular flexibility index (Phi) is 4.44. The number of hydrogen-bond acceptors (Lipinski definition) is 6. The van der Waals surface area contributed by atoms with Crippen LogP contribution in [0.4, 0.5) is 4.79 Å². The second kappa shape index (κ2) is 5.64. The van der Waals surface area contributed by atoms with Gasteiger partial charge in [0.25, 0.3) is 11.8 Å². The van der Waals surface area contributed by atoms with Gasteiger partial charge in [0.15, 0.2) is 6.61 Å². The van der Waals surface area contributed by atoms with Crippen LogP contribution in [0.1, 0.15) is 12.8 Å². The second-order valence-electron chi connectivity index (χ2n) is 3.04. The molecule has 0 spiro atoms. The van der Waals surface area contributed by atoms with Crippen LogP contribution in [0.2, 0.25) is 0 Å². The van der Waals surface area contributed by atoms with Crippen LogP contribution in [0.5, 0.6) is 0 Å². The first kappa shape index (κ1) is 14.2. The molecule has 2 amide bonds. The maximum atomic E-state index is 11.0. The Balaban J connectivity index is 2.38. The summed E-state index contributed by atoms with van der Waals surface area (Å²) >= 11 is 0. The predicted octanol–water partition coefficient (Wildman–Crippen LogP) is -0.658. The van der Waals surface area contributed by atoms with E-state index >= 15 is 0 Å². The molecule has 0 bridgehead atoms. The van der Waals surface area contributed by atoms with Gasteiger partial charge in [-0.3, -0.25) is 14.4 Å². The molecule has 0 radical (unpaired) electrons. The van der Waals surface area contributed by atoms with E-state index in [4.69, 9.17) is 9.79 Å². The van der Waals surface area contributed by atoms with Crippen LogP contribution in [0.3, 0.4) is 0 Å². The van der Waals surface area contributed by atoms with Crippen molar-refractivity contribution in [3.63, 3.8) is 0 Å². The van der Waals surface area contributed by atoms with Crippen molar-refractivity contribution >= 4 is 25.6 Å². The van der Waals surface area contributed by atoms with Crippen molar-refractivity contribution in [2.75, 3.05) is 6.61 Å². The molecule has 1 aliphatic rings. The van der Waals surface area contributed by atoms with E-state index in [9.17, 15) is 18.9 Å². The maximum absolute atomic E-state index is 11.0. The number of hydroxylamine groups is 2. The van der Waals surface area contributed by atoms with Gasteiger partial charge in [-0.1, -0.05) is 5.06 Å². The Hall–Kier alpha value is -1.88. The number of carbonyl (C=O) groups is 3. The molecule has 0 aromatic heterocycles. The summed E-state index contributed by atoms with van der Waals surface area (Å²) in [5.41, 5.74) is 1.52. The van der Waals surface area contributed by atoms with Crippen molar-refractivity contribution in [1.82, 2.24) is 5.06 Å². The molecule has 2 N–H and O–H groups in total. The Morgan fingerprint density at radius 1 is 1.33 bits per heavy atom. The first-order valence-electron chi connectivity index (χ1n) is 4.56. The molecular formula is C8H8NO8P. The lowest BCUT2D eigenvalue weighted by Crippen LogP contribution is -2.32. The van der Waals surface area contributed by atoms with Crippen molar-refractivity contribution in [3.8, 4) is 11.6 Å². The van der Waals surface area contributed by atoms with Crippen LogP contribution in [0.25, 0.3) is 0 Å². The zero-order chi connectivity index (χ0) is 13.8. The highest BCUT2D eigenvalue weighted by Gasteiger charge is 2.33. The molecule has 1 saturated heterocycles. The SMILES string of the molecule is O=C(OCC#CP(=O)(O)O)ON1C(=O)CCC1=O. The first-order valence-corrected chi connectivity index (χ1v) is 6.17. The molecule has 0 aromatic carbocycles. The zero-order valence-corrected chi connectivity index (χ0v) is 9.75.